The Labute approximate surface area is 152 Å². The fraction of sp³-hybridized carbons (Fsp3) is 0.350. The van der Waals surface area contributed by atoms with E-state index in [0.29, 0.717) is 24.6 Å². The van der Waals surface area contributed by atoms with Crippen LogP contribution in [0, 0.1) is 0 Å². The molecule has 0 bridgehead atoms. The maximum Gasteiger partial charge on any atom is 0.267 e. The molecule has 136 valence electrons. The van der Waals surface area contributed by atoms with Gasteiger partial charge >= 0.3 is 0 Å². The SMILES string of the molecule is COc1cccc(N2CCN(C(=O)C3COc4ccccc4O3)CC2)c1. The van der Waals surface area contributed by atoms with Crippen LogP contribution in [0.15, 0.2) is 48.5 Å². The highest BCUT2D eigenvalue weighted by Crippen LogP contribution is 2.31. The highest BCUT2D eigenvalue weighted by molar-refractivity contribution is 5.82. The second kappa shape index (κ2) is 7.15. The summed E-state index contributed by atoms with van der Waals surface area (Å²) in [6.07, 6.45) is -0.576. The van der Waals surface area contributed by atoms with Gasteiger partial charge in [-0.3, -0.25) is 4.79 Å². The molecule has 1 unspecified atom stereocenters. The lowest BCUT2D eigenvalue weighted by Crippen LogP contribution is -2.54. The summed E-state index contributed by atoms with van der Waals surface area (Å²) >= 11 is 0. The molecule has 0 aliphatic carbocycles. The molecule has 0 radical (unpaired) electrons. The van der Waals surface area contributed by atoms with Crippen molar-refractivity contribution >= 4 is 11.6 Å². The number of hydrogen-bond acceptors (Lipinski definition) is 5. The first-order valence-electron chi connectivity index (χ1n) is 8.81. The molecule has 6 heteroatoms. The number of amides is 1. The summed E-state index contributed by atoms with van der Waals surface area (Å²) in [7, 11) is 1.67. The fourth-order valence-corrected chi connectivity index (χ4v) is 3.34. The van der Waals surface area contributed by atoms with Gasteiger partial charge in [0.05, 0.1) is 7.11 Å². The van der Waals surface area contributed by atoms with Crippen LogP contribution in [0.1, 0.15) is 0 Å². The molecular weight excluding hydrogens is 332 g/mol. The van der Waals surface area contributed by atoms with Gasteiger partial charge in [-0.05, 0) is 24.3 Å². The molecule has 0 saturated carbocycles. The minimum atomic E-state index is -0.576. The Hall–Kier alpha value is -2.89. The molecule has 26 heavy (non-hydrogen) atoms. The number of fused-ring (bicyclic) bond motifs is 1. The van der Waals surface area contributed by atoms with Crippen molar-refractivity contribution in [1.82, 2.24) is 4.90 Å². The Morgan fingerprint density at radius 2 is 1.81 bits per heavy atom. The van der Waals surface area contributed by atoms with Crippen molar-refractivity contribution in [3.8, 4) is 17.2 Å². The lowest BCUT2D eigenvalue weighted by molar-refractivity contribution is -0.141. The van der Waals surface area contributed by atoms with E-state index in [0.717, 1.165) is 24.5 Å². The highest BCUT2D eigenvalue weighted by Gasteiger charge is 2.32. The van der Waals surface area contributed by atoms with Crippen LogP contribution in [0.25, 0.3) is 0 Å². The first kappa shape index (κ1) is 16.6. The third kappa shape index (κ3) is 3.27. The van der Waals surface area contributed by atoms with Gasteiger partial charge in [-0.2, -0.15) is 0 Å². The molecule has 2 aliphatic heterocycles. The summed E-state index contributed by atoms with van der Waals surface area (Å²) in [5.74, 6) is 2.16. The van der Waals surface area contributed by atoms with Crippen LogP contribution >= 0.6 is 0 Å². The third-order valence-corrected chi connectivity index (χ3v) is 4.79. The van der Waals surface area contributed by atoms with E-state index >= 15 is 0 Å². The maximum atomic E-state index is 12.8. The van der Waals surface area contributed by atoms with Gasteiger partial charge in [-0.25, -0.2) is 0 Å². The summed E-state index contributed by atoms with van der Waals surface area (Å²) in [6, 6.07) is 15.4. The summed E-state index contributed by atoms with van der Waals surface area (Å²) in [6.45, 7) is 3.15. The number of rotatable bonds is 3. The van der Waals surface area contributed by atoms with Crippen LogP contribution in [0.4, 0.5) is 5.69 Å². The zero-order valence-electron chi connectivity index (χ0n) is 14.8. The lowest BCUT2D eigenvalue weighted by Gasteiger charge is -2.38. The van der Waals surface area contributed by atoms with Gasteiger partial charge in [-0.15, -0.1) is 0 Å². The minimum absolute atomic E-state index is 0.00945. The van der Waals surface area contributed by atoms with E-state index in [-0.39, 0.29) is 12.5 Å². The van der Waals surface area contributed by atoms with Crippen LogP contribution in [0.3, 0.4) is 0 Å². The van der Waals surface area contributed by atoms with Gasteiger partial charge in [0.1, 0.15) is 12.4 Å². The molecule has 2 aromatic rings. The second-order valence-electron chi connectivity index (χ2n) is 6.38. The first-order chi connectivity index (χ1) is 12.7. The fourth-order valence-electron chi connectivity index (χ4n) is 3.34. The molecule has 2 aliphatic rings. The van der Waals surface area contributed by atoms with Crippen molar-refractivity contribution in [1.29, 1.82) is 0 Å². The number of piperazine rings is 1. The molecule has 1 saturated heterocycles. The number of hydrogen-bond donors (Lipinski definition) is 0. The van der Waals surface area contributed by atoms with Crippen molar-refractivity contribution in [2.45, 2.75) is 6.10 Å². The van der Waals surface area contributed by atoms with Crippen molar-refractivity contribution < 1.29 is 19.0 Å². The molecule has 2 aromatic carbocycles. The number of nitrogens with zero attached hydrogens (tertiary/aromatic N) is 2. The van der Waals surface area contributed by atoms with Crippen molar-refractivity contribution in [2.24, 2.45) is 0 Å². The standard InChI is InChI=1S/C20H22N2O4/c1-24-16-6-4-5-15(13-16)21-9-11-22(12-10-21)20(23)19-14-25-17-7-2-3-8-18(17)26-19/h2-8,13,19H,9-12,14H2,1H3. The molecule has 4 rings (SSSR count). The number of carbonyl (C=O) groups is 1. The Bertz CT molecular complexity index is 787. The minimum Gasteiger partial charge on any atom is -0.497 e. The molecule has 1 fully saturated rings. The molecule has 2 heterocycles. The van der Waals surface area contributed by atoms with Crippen molar-refractivity contribution in [3.05, 3.63) is 48.5 Å². The van der Waals surface area contributed by atoms with E-state index < -0.39 is 6.10 Å². The number of anilines is 1. The normalized spacial score (nSPS) is 19.2. The monoisotopic (exact) mass is 354 g/mol. The summed E-state index contributed by atoms with van der Waals surface area (Å²) < 4.78 is 16.8. The first-order valence-corrected chi connectivity index (χ1v) is 8.81. The van der Waals surface area contributed by atoms with Gasteiger partial charge in [0, 0.05) is 37.9 Å². The topological polar surface area (TPSA) is 51.2 Å². The Morgan fingerprint density at radius 3 is 2.58 bits per heavy atom. The second-order valence-corrected chi connectivity index (χ2v) is 6.38. The van der Waals surface area contributed by atoms with Gasteiger partial charge in [-0.1, -0.05) is 18.2 Å². The van der Waals surface area contributed by atoms with E-state index in [2.05, 4.69) is 11.0 Å². The summed E-state index contributed by atoms with van der Waals surface area (Å²) in [4.78, 5) is 16.9. The number of benzene rings is 2. The predicted molar refractivity (Wildman–Crippen MR) is 98.1 cm³/mol. The van der Waals surface area contributed by atoms with Crippen LogP contribution in [-0.4, -0.2) is 56.8 Å². The van der Waals surface area contributed by atoms with Gasteiger partial charge < -0.3 is 24.0 Å². The Kier molecular flexibility index (Phi) is 4.56. The predicted octanol–water partition coefficient (Wildman–Crippen LogP) is 2.18. The Morgan fingerprint density at radius 1 is 1.04 bits per heavy atom. The summed E-state index contributed by atoms with van der Waals surface area (Å²) in [5.41, 5.74) is 1.11. The van der Waals surface area contributed by atoms with E-state index in [1.807, 2.05) is 47.4 Å². The smallest absolute Gasteiger partial charge is 0.267 e. The molecule has 0 spiro atoms. The number of carbonyl (C=O) groups excluding carboxylic acids is 1. The van der Waals surface area contributed by atoms with Crippen LogP contribution < -0.4 is 19.1 Å². The number of methoxy groups -OCH3 is 1. The quantitative estimate of drug-likeness (QED) is 0.846. The summed E-state index contributed by atoms with van der Waals surface area (Å²) in [5, 5.41) is 0. The maximum absolute atomic E-state index is 12.8. The molecule has 0 aromatic heterocycles. The van der Waals surface area contributed by atoms with Gasteiger partial charge in [0.15, 0.2) is 11.5 Å². The molecule has 1 atom stereocenters. The number of ether oxygens (including phenoxy) is 3. The average Bonchev–Trinajstić information content (AvgIpc) is 2.73. The molecular formula is C20H22N2O4. The van der Waals surface area contributed by atoms with Gasteiger partial charge in [0.25, 0.3) is 5.91 Å². The molecule has 0 N–H and O–H groups in total. The van der Waals surface area contributed by atoms with Gasteiger partial charge in [0.2, 0.25) is 6.10 Å². The molecule has 6 nitrogen and oxygen atoms in total. The third-order valence-electron chi connectivity index (χ3n) is 4.79. The van der Waals surface area contributed by atoms with Crippen molar-refractivity contribution in [3.63, 3.8) is 0 Å². The van der Waals surface area contributed by atoms with Crippen LogP contribution in [-0.2, 0) is 4.79 Å². The number of para-hydroxylation sites is 2. The van der Waals surface area contributed by atoms with Crippen LogP contribution in [0.5, 0.6) is 17.2 Å². The van der Waals surface area contributed by atoms with E-state index in [1.165, 1.54) is 0 Å². The highest BCUT2D eigenvalue weighted by atomic mass is 16.6. The Balaban J connectivity index is 1.37. The zero-order chi connectivity index (χ0) is 17.9. The van der Waals surface area contributed by atoms with E-state index in [4.69, 9.17) is 14.2 Å². The van der Waals surface area contributed by atoms with E-state index in [1.54, 1.807) is 7.11 Å². The largest absolute Gasteiger partial charge is 0.497 e. The average molecular weight is 354 g/mol. The van der Waals surface area contributed by atoms with E-state index in [9.17, 15) is 4.79 Å². The van der Waals surface area contributed by atoms with Crippen molar-refractivity contribution in [2.75, 3.05) is 44.8 Å². The zero-order valence-corrected chi connectivity index (χ0v) is 14.8. The molecule has 1 amide bonds. The van der Waals surface area contributed by atoms with Crippen LogP contribution in [0.2, 0.25) is 0 Å². The lowest BCUT2D eigenvalue weighted by atomic mass is 10.2.